The van der Waals surface area contributed by atoms with Crippen LogP contribution in [0.3, 0.4) is 0 Å². The summed E-state index contributed by atoms with van der Waals surface area (Å²) in [7, 11) is 0. The van der Waals surface area contributed by atoms with E-state index in [4.69, 9.17) is 4.74 Å². The van der Waals surface area contributed by atoms with E-state index in [0.29, 0.717) is 6.54 Å². The van der Waals surface area contributed by atoms with Crippen molar-refractivity contribution in [2.24, 2.45) is 5.92 Å². The maximum Gasteiger partial charge on any atom is 0.311 e. The third-order valence-corrected chi connectivity index (χ3v) is 5.36. The van der Waals surface area contributed by atoms with Gasteiger partial charge in [0.15, 0.2) is 6.61 Å². The lowest BCUT2D eigenvalue weighted by molar-refractivity contribution is -0.152. The monoisotopic (exact) mass is 386 g/mol. The summed E-state index contributed by atoms with van der Waals surface area (Å²) in [5.41, 5.74) is 1.87. The van der Waals surface area contributed by atoms with Gasteiger partial charge in [-0.3, -0.25) is 14.4 Å². The number of nitrogens with one attached hydrogen (secondary N) is 1. The van der Waals surface area contributed by atoms with Gasteiger partial charge in [0.05, 0.1) is 5.92 Å². The Hall–Kier alpha value is -2.67. The fourth-order valence-corrected chi connectivity index (χ4v) is 3.63. The van der Waals surface area contributed by atoms with Gasteiger partial charge in [0, 0.05) is 30.1 Å². The third kappa shape index (κ3) is 5.17. The van der Waals surface area contributed by atoms with Crippen LogP contribution in [0.15, 0.2) is 41.8 Å². The Balaban J connectivity index is 1.42. The van der Waals surface area contributed by atoms with Gasteiger partial charge in [0.1, 0.15) is 0 Å². The predicted octanol–water partition coefficient (Wildman–Crippen LogP) is 2.31. The van der Waals surface area contributed by atoms with Crippen LogP contribution in [0.5, 0.6) is 0 Å². The van der Waals surface area contributed by atoms with E-state index >= 15 is 0 Å². The van der Waals surface area contributed by atoms with Crippen molar-refractivity contribution in [3.05, 3.63) is 52.2 Å². The Morgan fingerprint density at radius 1 is 1.26 bits per heavy atom. The summed E-state index contributed by atoms with van der Waals surface area (Å²) >= 11 is 1.64. The molecule has 0 bridgehead atoms. The van der Waals surface area contributed by atoms with E-state index < -0.39 is 11.9 Å². The number of nitrogens with zero attached hydrogens (tertiary/aromatic N) is 1. The predicted molar refractivity (Wildman–Crippen MR) is 104 cm³/mol. The molecule has 0 aliphatic carbocycles. The van der Waals surface area contributed by atoms with E-state index in [1.165, 1.54) is 4.88 Å². The Morgan fingerprint density at radius 3 is 2.74 bits per heavy atom. The van der Waals surface area contributed by atoms with E-state index in [0.717, 1.165) is 17.7 Å². The smallest absolute Gasteiger partial charge is 0.311 e. The fraction of sp³-hybridized carbons (Fsp3) is 0.350. The molecule has 142 valence electrons. The van der Waals surface area contributed by atoms with E-state index in [2.05, 4.69) is 5.32 Å². The van der Waals surface area contributed by atoms with E-state index in [9.17, 15) is 14.4 Å². The molecule has 1 aliphatic rings. The number of carbonyl (C=O) groups excluding carboxylic acids is 3. The first-order valence-corrected chi connectivity index (χ1v) is 9.73. The number of rotatable bonds is 7. The zero-order valence-electron chi connectivity index (χ0n) is 15.1. The van der Waals surface area contributed by atoms with Gasteiger partial charge in [-0.1, -0.05) is 23.8 Å². The average molecular weight is 386 g/mol. The summed E-state index contributed by atoms with van der Waals surface area (Å²) in [5, 5.41) is 4.72. The second kappa shape index (κ2) is 8.81. The van der Waals surface area contributed by atoms with Crippen LogP contribution in [-0.2, 0) is 25.5 Å². The van der Waals surface area contributed by atoms with E-state index in [1.54, 1.807) is 16.2 Å². The lowest BCUT2D eigenvalue weighted by Crippen LogP contribution is -2.32. The van der Waals surface area contributed by atoms with E-state index in [1.807, 2.05) is 48.7 Å². The number of ether oxygens (including phenoxy) is 1. The highest BCUT2D eigenvalue weighted by Gasteiger charge is 2.36. The summed E-state index contributed by atoms with van der Waals surface area (Å²) in [4.78, 5) is 39.0. The second-order valence-electron chi connectivity index (χ2n) is 6.53. The van der Waals surface area contributed by atoms with Crippen LogP contribution in [0, 0.1) is 12.8 Å². The van der Waals surface area contributed by atoms with Crippen LogP contribution in [0.4, 0.5) is 5.69 Å². The van der Waals surface area contributed by atoms with Crippen molar-refractivity contribution < 1.29 is 19.1 Å². The molecule has 2 aromatic rings. The van der Waals surface area contributed by atoms with Crippen molar-refractivity contribution in [2.45, 2.75) is 19.8 Å². The normalized spacial score (nSPS) is 16.4. The van der Waals surface area contributed by atoms with Gasteiger partial charge in [-0.05, 0) is 36.9 Å². The molecule has 6 nitrogen and oxygen atoms in total. The first kappa shape index (κ1) is 19.1. The quantitative estimate of drug-likeness (QED) is 0.741. The standard InChI is InChI=1S/C20H22N2O4S/c1-14-4-6-16(7-5-14)22-12-15(11-19(22)24)20(25)26-13-18(23)21-9-8-17-3-2-10-27-17/h2-7,10,15H,8-9,11-13H2,1H3,(H,21,23). The van der Waals surface area contributed by atoms with Crippen LogP contribution >= 0.6 is 11.3 Å². The number of esters is 1. The molecule has 1 fully saturated rings. The van der Waals surface area contributed by atoms with Gasteiger partial charge < -0.3 is 15.0 Å². The van der Waals surface area contributed by atoms with Gasteiger partial charge in [0.25, 0.3) is 5.91 Å². The molecule has 2 heterocycles. The molecule has 1 N–H and O–H groups in total. The first-order valence-electron chi connectivity index (χ1n) is 8.85. The Morgan fingerprint density at radius 2 is 2.04 bits per heavy atom. The number of anilines is 1. The number of amides is 2. The van der Waals surface area contributed by atoms with Crippen LogP contribution in [0.1, 0.15) is 16.9 Å². The molecular formula is C20H22N2O4S. The van der Waals surface area contributed by atoms with Crippen molar-refractivity contribution in [3.8, 4) is 0 Å². The molecule has 0 spiro atoms. The molecule has 1 aliphatic heterocycles. The van der Waals surface area contributed by atoms with Crippen molar-refractivity contribution in [1.82, 2.24) is 5.32 Å². The Bertz CT molecular complexity index is 802. The Kier molecular flexibility index (Phi) is 6.24. The molecule has 7 heteroatoms. The SMILES string of the molecule is Cc1ccc(N2CC(C(=O)OCC(=O)NCCc3cccs3)CC2=O)cc1. The minimum absolute atomic E-state index is 0.104. The number of aryl methyl sites for hydroxylation is 1. The molecule has 1 atom stereocenters. The van der Waals surface area contributed by atoms with Crippen LogP contribution < -0.4 is 10.2 Å². The number of carbonyl (C=O) groups is 3. The fourth-order valence-electron chi connectivity index (χ4n) is 2.93. The molecule has 0 radical (unpaired) electrons. The van der Waals surface area contributed by atoms with Crippen LogP contribution in [0.25, 0.3) is 0 Å². The summed E-state index contributed by atoms with van der Waals surface area (Å²) in [6.07, 6.45) is 0.854. The minimum Gasteiger partial charge on any atom is -0.455 e. The third-order valence-electron chi connectivity index (χ3n) is 4.42. The van der Waals surface area contributed by atoms with Gasteiger partial charge in [0.2, 0.25) is 5.91 Å². The molecule has 1 aromatic carbocycles. The highest BCUT2D eigenvalue weighted by atomic mass is 32.1. The molecule has 27 heavy (non-hydrogen) atoms. The maximum atomic E-state index is 12.2. The number of thiophene rings is 1. The zero-order valence-corrected chi connectivity index (χ0v) is 16.0. The van der Waals surface area contributed by atoms with Gasteiger partial charge in [-0.2, -0.15) is 0 Å². The van der Waals surface area contributed by atoms with Gasteiger partial charge in [-0.25, -0.2) is 0 Å². The highest BCUT2D eigenvalue weighted by Crippen LogP contribution is 2.26. The molecule has 3 rings (SSSR count). The lowest BCUT2D eigenvalue weighted by atomic mass is 10.1. The van der Waals surface area contributed by atoms with Gasteiger partial charge in [-0.15, -0.1) is 11.3 Å². The van der Waals surface area contributed by atoms with E-state index in [-0.39, 0.29) is 31.4 Å². The highest BCUT2D eigenvalue weighted by molar-refractivity contribution is 7.09. The van der Waals surface area contributed by atoms with Crippen LogP contribution in [-0.4, -0.2) is 37.5 Å². The van der Waals surface area contributed by atoms with Crippen molar-refractivity contribution in [1.29, 1.82) is 0 Å². The molecule has 1 saturated heterocycles. The molecule has 1 aromatic heterocycles. The summed E-state index contributed by atoms with van der Waals surface area (Å²) < 4.78 is 5.10. The lowest BCUT2D eigenvalue weighted by Gasteiger charge is -2.16. The average Bonchev–Trinajstić information content (AvgIpc) is 3.30. The molecular weight excluding hydrogens is 364 g/mol. The van der Waals surface area contributed by atoms with Crippen molar-refractivity contribution >= 4 is 34.8 Å². The zero-order chi connectivity index (χ0) is 19.2. The summed E-state index contributed by atoms with van der Waals surface area (Å²) in [6, 6.07) is 11.5. The van der Waals surface area contributed by atoms with Crippen molar-refractivity contribution in [2.75, 3.05) is 24.6 Å². The number of hydrogen-bond acceptors (Lipinski definition) is 5. The summed E-state index contributed by atoms with van der Waals surface area (Å²) in [6.45, 7) is 2.43. The largest absolute Gasteiger partial charge is 0.455 e. The number of hydrogen-bond donors (Lipinski definition) is 1. The summed E-state index contributed by atoms with van der Waals surface area (Å²) in [5.74, 6) is -1.50. The Labute approximate surface area is 162 Å². The molecule has 0 saturated carbocycles. The molecule has 1 unspecified atom stereocenters. The topological polar surface area (TPSA) is 75.7 Å². The second-order valence-corrected chi connectivity index (χ2v) is 7.56. The first-order chi connectivity index (χ1) is 13.0. The molecule has 2 amide bonds. The van der Waals surface area contributed by atoms with Crippen molar-refractivity contribution in [3.63, 3.8) is 0 Å². The van der Waals surface area contributed by atoms with Crippen LogP contribution in [0.2, 0.25) is 0 Å². The maximum absolute atomic E-state index is 12.2. The number of benzene rings is 1. The minimum atomic E-state index is -0.544. The van der Waals surface area contributed by atoms with Gasteiger partial charge >= 0.3 is 5.97 Å².